The molecule has 0 bridgehead atoms. The third-order valence-corrected chi connectivity index (χ3v) is 3.53. The zero-order chi connectivity index (χ0) is 16.5. The number of benzene rings is 1. The summed E-state index contributed by atoms with van der Waals surface area (Å²) in [6.07, 6.45) is 0.178. The maximum absolute atomic E-state index is 14.0. The van der Waals surface area contributed by atoms with Gasteiger partial charge in [-0.3, -0.25) is 4.79 Å². The molecule has 0 fully saturated rings. The van der Waals surface area contributed by atoms with Gasteiger partial charge in [0.05, 0.1) is 5.41 Å². The lowest BCUT2D eigenvalue weighted by Gasteiger charge is -2.19. The first-order valence-corrected chi connectivity index (χ1v) is 6.93. The lowest BCUT2D eigenvalue weighted by Crippen LogP contribution is -2.26. The minimum absolute atomic E-state index is 0.0429. The Bertz CT molecular complexity index is 732. The van der Waals surface area contributed by atoms with Crippen LogP contribution in [0.15, 0.2) is 30.3 Å². The van der Waals surface area contributed by atoms with Gasteiger partial charge < -0.3 is 5.11 Å². The Morgan fingerprint density at radius 3 is 2.50 bits per heavy atom. The van der Waals surface area contributed by atoms with Crippen molar-refractivity contribution in [3.8, 4) is 11.3 Å². The fraction of sp³-hybridized carbons (Fsp3) is 0.250. The quantitative estimate of drug-likeness (QED) is 0.851. The van der Waals surface area contributed by atoms with Crippen LogP contribution in [0.1, 0.15) is 19.4 Å². The van der Waals surface area contributed by atoms with Crippen molar-refractivity contribution < 1.29 is 18.7 Å². The highest BCUT2D eigenvalue weighted by Gasteiger charge is 2.27. The Morgan fingerprint density at radius 1 is 1.23 bits per heavy atom. The summed E-state index contributed by atoms with van der Waals surface area (Å²) < 4.78 is 27.8. The second kappa shape index (κ2) is 6.01. The first-order chi connectivity index (χ1) is 10.2. The van der Waals surface area contributed by atoms with Crippen molar-refractivity contribution in [2.45, 2.75) is 20.3 Å². The van der Waals surface area contributed by atoms with Crippen molar-refractivity contribution in [1.29, 1.82) is 0 Å². The zero-order valence-corrected chi connectivity index (χ0v) is 12.8. The monoisotopic (exact) mass is 325 g/mol. The molecule has 2 rings (SSSR count). The van der Waals surface area contributed by atoms with Crippen LogP contribution in [0.3, 0.4) is 0 Å². The highest BCUT2D eigenvalue weighted by Crippen LogP contribution is 2.29. The SMILES string of the molecule is CC(C)(Cc1ccc(F)c(-c2nc(Cl)ccc2F)c1)C(=O)O. The Morgan fingerprint density at radius 2 is 1.86 bits per heavy atom. The van der Waals surface area contributed by atoms with Crippen molar-refractivity contribution in [1.82, 2.24) is 4.98 Å². The van der Waals surface area contributed by atoms with Gasteiger partial charge in [0.15, 0.2) is 0 Å². The van der Waals surface area contributed by atoms with Gasteiger partial charge in [-0.1, -0.05) is 17.7 Å². The normalized spacial score (nSPS) is 11.5. The van der Waals surface area contributed by atoms with Crippen LogP contribution in [0, 0.1) is 17.0 Å². The second-order valence-corrected chi connectivity index (χ2v) is 6.03. The van der Waals surface area contributed by atoms with Crippen LogP contribution in [0.5, 0.6) is 0 Å². The lowest BCUT2D eigenvalue weighted by molar-refractivity contribution is -0.146. The van der Waals surface area contributed by atoms with Gasteiger partial charge >= 0.3 is 5.97 Å². The van der Waals surface area contributed by atoms with Gasteiger partial charge in [0, 0.05) is 5.56 Å². The fourth-order valence-corrected chi connectivity index (χ4v) is 2.20. The van der Waals surface area contributed by atoms with Gasteiger partial charge in [0.2, 0.25) is 0 Å². The van der Waals surface area contributed by atoms with E-state index in [1.807, 2.05) is 0 Å². The number of rotatable bonds is 4. The van der Waals surface area contributed by atoms with E-state index < -0.39 is 23.0 Å². The van der Waals surface area contributed by atoms with Crippen molar-refractivity contribution in [2.24, 2.45) is 5.41 Å². The zero-order valence-electron chi connectivity index (χ0n) is 12.0. The summed E-state index contributed by atoms with van der Waals surface area (Å²) in [6, 6.07) is 6.44. The Hall–Kier alpha value is -2.01. The maximum atomic E-state index is 14.0. The third-order valence-electron chi connectivity index (χ3n) is 3.32. The first kappa shape index (κ1) is 16.4. The number of pyridine rings is 1. The fourth-order valence-electron chi connectivity index (χ4n) is 2.06. The average Bonchev–Trinajstić information content (AvgIpc) is 2.43. The van der Waals surface area contributed by atoms with Crippen molar-refractivity contribution in [2.75, 3.05) is 0 Å². The van der Waals surface area contributed by atoms with Crippen LogP contribution < -0.4 is 0 Å². The number of hydrogen-bond donors (Lipinski definition) is 1. The topological polar surface area (TPSA) is 50.2 Å². The lowest BCUT2D eigenvalue weighted by atomic mass is 9.85. The summed E-state index contributed by atoms with van der Waals surface area (Å²) in [7, 11) is 0. The van der Waals surface area contributed by atoms with E-state index in [0.29, 0.717) is 5.56 Å². The molecule has 1 aromatic heterocycles. The number of carboxylic acid groups (broad SMARTS) is 1. The summed E-state index contributed by atoms with van der Waals surface area (Å²) in [5.41, 5.74) is -0.682. The van der Waals surface area contributed by atoms with E-state index in [1.54, 1.807) is 13.8 Å². The van der Waals surface area contributed by atoms with E-state index in [4.69, 9.17) is 16.7 Å². The molecule has 0 radical (unpaired) electrons. The molecule has 3 nitrogen and oxygen atoms in total. The van der Waals surface area contributed by atoms with E-state index in [9.17, 15) is 13.6 Å². The second-order valence-electron chi connectivity index (χ2n) is 5.64. The predicted molar refractivity (Wildman–Crippen MR) is 79.7 cm³/mol. The van der Waals surface area contributed by atoms with E-state index in [1.165, 1.54) is 24.3 Å². The molecule has 0 aliphatic carbocycles. The van der Waals surface area contributed by atoms with Crippen molar-refractivity contribution >= 4 is 17.6 Å². The molecule has 1 heterocycles. The van der Waals surface area contributed by atoms with Gasteiger partial charge in [-0.25, -0.2) is 13.8 Å². The first-order valence-electron chi connectivity index (χ1n) is 6.55. The molecule has 2 aromatic rings. The summed E-state index contributed by atoms with van der Waals surface area (Å²) in [4.78, 5) is 15.0. The smallest absolute Gasteiger partial charge is 0.309 e. The molecule has 0 aliphatic rings. The molecule has 116 valence electrons. The van der Waals surface area contributed by atoms with Gasteiger partial charge in [-0.15, -0.1) is 0 Å². The molecule has 6 heteroatoms. The highest BCUT2D eigenvalue weighted by atomic mass is 35.5. The van der Waals surface area contributed by atoms with Crippen LogP contribution in [0.2, 0.25) is 5.15 Å². The van der Waals surface area contributed by atoms with Gasteiger partial charge in [0.1, 0.15) is 22.5 Å². The molecule has 0 amide bonds. The van der Waals surface area contributed by atoms with Crippen molar-refractivity contribution in [3.63, 3.8) is 0 Å². The summed E-state index contributed by atoms with van der Waals surface area (Å²) >= 11 is 5.73. The Balaban J connectivity index is 2.48. The van der Waals surface area contributed by atoms with E-state index in [2.05, 4.69) is 4.98 Å². The molecule has 0 aliphatic heterocycles. The predicted octanol–water partition coefficient (Wildman–Crippen LogP) is 4.33. The maximum Gasteiger partial charge on any atom is 0.309 e. The molecule has 22 heavy (non-hydrogen) atoms. The van der Waals surface area contributed by atoms with E-state index in [-0.39, 0.29) is 22.8 Å². The van der Waals surface area contributed by atoms with Crippen molar-refractivity contribution in [3.05, 3.63) is 52.7 Å². The summed E-state index contributed by atoms with van der Waals surface area (Å²) in [6.45, 7) is 3.13. The summed E-state index contributed by atoms with van der Waals surface area (Å²) in [5.74, 6) is -2.31. The van der Waals surface area contributed by atoms with Crippen LogP contribution in [-0.4, -0.2) is 16.1 Å². The van der Waals surface area contributed by atoms with Gasteiger partial charge in [-0.05, 0) is 50.1 Å². The van der Waals surface area contributed by atoms with Gasteiger partial charge in [-0.2, -0.15) is 0 Å². The molecule has 0 saturated carbocycles. The molecule has 0 spiro atoms. The van der Waals surface area contributed by atoms with Crippen LogP contribution in [0.25, 0.3) is 11.3 Å². The minimum Gasteiger partial charge on any atom is -0.481 e. The molecule has 0 saturated heterocycles. The van der Waals surface area contributed by atoms with Crippen LogP contribution >= 0.6 is 11.6 Å². The van der Waals surface area contributed by atoms with Gasteiger partial charge in [0.25, 0.3) is 0 Å². The minimum atomic E-state index is -1.02. The van der Waals surface area contributed by atoms with E-state index in [0.717, 1.165) is 6.07 Å². The largest absolute Gasteiger partial charge is 0.481 e. The molecular weight excluding hydrogens is 312 g/mol. The molecule has 0 atom stereocenters. The highest BCUT2D eigenvalue weighted by molar-refractivity contribution is 6.29. The van der Waals surface area contributed by atoms with Crippen LogP contribution in [0.4, 0.5) is 8.78 Å². The number of aliphatic carboxylic acids is 1. The number of halogens is 3. The third kappa shape index (κ3) is 3.42. The number of carbonyl (C=O) groups is 1. The number of carboxylic acids is 1. The number of nitrogens with zero attached hydrogens (tertiary/aromatic N) is 1. The van der Waals surface area contributed by atoms with E-state index >= 15 is 0 Å². The average molecular weight is 326 g/mol. The van der Waals surface area contributed by atoms with Crippen LogP contribution in [-0.2, 0) is 11.2 Å². The molecule has 1 N–H and O–H groups in total. The Labute approximate surface area is 131 Å². The molecular formula is C16H14ClF2NO2. The number of aromatic nitrogens is 1. The molecule has 0 unspecified atom stereocenters. The number of hydrogen-bond acceptors (Lipinski definition) is 2. The standard InChI is InChI=1S/C16H14ClF2NO2/c1-16(2,15(21)22)8-9-3-4-11(18)10(7-9)14-12(19)5-6-13(17)20-14/h3-7H,8H2,1-2H3,(H,21,22). The molecule has 1 aromatic carbocycles. The Kier molecular flexibility index (Phi) is 4.47. The summed E-state index contributed by atoms with van der Waals surface area (Å²) in [5, 5.41) is 9.21.